The third-order valence-electron chi connectivity index (χ3n) is 2.18. The van der Waals surface area contributed by atoms with Gasteiger partial charge in [0.15, 0.2) is 0 Å². The Bertz CT molecular complexity index is 573. The highest BCUT2D eigenvalue weighted by Crippen LogP contribution is 2.32. The van der Waals surface area contributed by atoms with E-state index in [-0.39, 0.29) is 0 Å². The maximum Gasteiger partial charge on any atom is 0.0992 e. The lowest BCUT2D eigenvalue weighted by Crippen LogP contribution is -1.89. The second-order valence-corrected chi connectivity index (χ2v) is 4.97. The summed E-state index contributed by atoms with van der Waals surface area (Å²) in [6.45, 7) is 0. The fourth-order valence-corrected chi connectivity index (χ4v) is 2.31. The molecule has 0 amide bonds. The maximum atomic E-state index is 8.75. The van der Waals surface area contributed by atoms with Gasteiger partial charge in [-0.25, -0.2) is 0 Å². The van der Waals surface area contributed by atoms with Crippen molar-refractivity contribution < 1.29 is 0 Å². The van der Waals surface area contributed by atoms with Crippen molar-refractivity contribution in [1.82, 2.24) is 0 Å². The van der Waals surface area contributed by atoms with Crippen LogP contribution < -0.4 is 5.73 Å². The number of nitrogens with zero attached hydrogens (tertiary/aromatic N) is 1. The Morgan fingerprint density at radius 3 is 2.41 bits per heavy atom. The van der Waals surface area contributed by atoms with E-state index in [1.807, 2.05) is 30.3 Å². The molecule has 2 aromatic carbocycles. The first-order chi connectivity index (χ1) is 8.19. The van der Waals surface area contributed by atoms with E-state index in [1.54, 1.807) is 23.9 Å². The van der Waals surface area contributed by atoms with E-state index in [0.29, 0.717) is 16.3 Å². The molecule has 17 heavy (non-hydrogen) atoms. The molecule has 2 N–H and O–H groups in total. The van der Waals surface area contributed by atoms with E-state index >= 15 is 0 Å². The van der Waals surface area contributed by atoms with Gasteiger partial charge in [0, 0.05) is 20.5 Å². The largest absolute Gasteiger partial charge is 0.398 e. The summed E-state index contributed by atoms with van der Waals surface area (Å²) >= 11 is 7.36. The number of benzene rings is 2. The van der Waals surface area contributed by atoms with Gasteiger partial charge in [0.05, 0.1) is 11.6 Å². The van der Waals surface area contributed by atoms with Crippen LogP contribution in [0.15, 0.2) is 52.3 Å². The van der Waals surface area contributed by atoms with Crippen LogP contribution in [-0.2, 0) is 0 Å². The van der Waals surface area contributed by atoms with E-state index in [1.165, 1.54) is 0 Å². The second-order valence-electron chi connectivity index (χ2n) is 3.42. The molecule has 0 bridgehead atoms. The predicted octanol–water partition coefficient (Wildman–Crippen LogP) is 3.95. The summed E-state index contributed by atoms with van der Waals surface area (Å²) in [6.07, 6.45) is 0. The fraction of sp³-hybridized carbons (Fsp3) is 0. The van der Waals surface area contributed by atoms with Gasteiger partial charge < -0.3 is 5.73 Å². The molecule has 0 fully saturated rings. The van der Waals surface area contributed by atoms with Crippen molar-refractivity contribution in [3.8, 4) is 6.07 Å². The molecule has 0 aromatic heterocycles. The highest BCUT2D eigenvalue weighted by Gasteiger charge is 2.03. The Balaban J connectivity index is 2.25. The Kier molecular flexibility index (Phi) is 3.58. The Hall–Kier alpha value is -1.63. The molecule has 2 aromatic rings. The minimum Gasteiger partial charge on any atom is -0.398 e. The zero-order valence-corrected chi connectivity index (χ0v) is 10.4. The molecule has 0 spiro atoms. The predicted molar refractivity (Wildman–Crippen MR) is 71.1 cm³/mol. The van der Waals surface area contributed by atoms with Crippen molar-refractivity contribution in [2.75, 3.05) is 5.73 Å². The summed E-state index contributed by atoms with van der Waals surface area (Å²) in [6, 6.07) is 14.9. The van der Waals surface area contributed by atoms with Gasteiger partial charge in [-0.15, -0.1) is 0 Å². The molecule has 4 heteroatoms. The van der Waals surface area contributed by atoms with Crippen LogP contribution >= 0.6 is 23.4 Å². The highest BCUT2D eigenvalue weighted by molar-refractivity contribution is 7.99. The number of halogens is 1. The molecule has 0 aliphatic rings. The monoisotopic (exact) mass is 260 g/mol. The molecule has 2 rings (SSSR count). The molecule has 0 radical (unpaired) electrons. The van der Waals surface area contributed by atoms with Gasteiger partial charge in [-0.3, -0.25) is 0 Å². The molecule has 0 heterocycles. The molecule has 2 nitrogen and oxygen atoms in total. The van der Waals surface area contributed by atoms with Gasteiger partial charge in [-0.2, -0.15) is 5.26 Å². The number of rotatable bonds is 2. The van der Waals surface area contributed by atoms with Gasteiger partial charge in [0.2, 0.25) is 0 Å². The third-order valence-corrected chi connectivity index (χ3v) is 3.53. The quantitative estimate of drug-likeness (QED) is 0.832. The van der Waals surface area contributed by atoms with Crippen molar-refractivity contribution in [2.45, 2.75) is 9.79 Å². The summed E-state index contributed by atoms with van der Waals surface area (Å²) in [7, 11) is 0. The van der Waals surface area contributed by atoms with Crippen LogP contribution in [0.25, 0.3) is 0 Å². The van der Waals surface area contributed by atoms with Crippen LogP contribution in [0.4, 0.5) is 5.69 Å². The number of hydrogen-bond acceptors (Lipinski definition) is 3. The van der Waals surface area contributed by atoms with E-state index in [0.717, 1.165) is 9.79 Å². The lowest BCUT2D eigenvalue weighted by molar-refractivity contribution is 1.39. The van der Waals surface area contributed by atoms with Crippen LogP contribution in [0.5, 0.6) is 0 Å². The fourth-order valence-electron chi connectivity index (χ4n) is 1.34. The van der Waals surface area contributed by atoms with Crippen LogP contribution in [0.3, 0.4) is 0 Å². The van der Waals surface area contributed by atoms with Crippen molar-refractivity contribution in [3.05, 3.63) is 53.1 Å². The normalized spacial score (nSPS) is 9.88. The van der Waals surface area contributed by atoms with Gasteiger partial charge >= 0.3 is 0 Å². The Morgan fingerprint density at radius 1 is 1.12 bits per heavy atom. The van der Waals surface area contributed by atoms with Crippen LogP contribution in [-0.4, -0.2) is 0 Å². The summed E-state index contributed by atoms with van der Waals surface area (Å²) < 4.78 is 0. The average molecular weight is 261 g/mol. The highest BCUT2D eigenvalue weighted by atomic mass is 35.5. The van der Waals surface area contributed by atoms with Crippen molar-refractivity contribution >= 4 is 29.1 Å². The number of hydrogen-bond donors (Lipinski definition) is 1. The molecule has 0 saturated carbocycles. The number of nitrogens with two attached hydrogens (primary N) is 1. The van der Waals surface area contributed by atoms with Crippen LogP contribution in [0, 0.1) is 11.3 Å². The third kappa shape index (κ3) is 2.94. The molecule has 0 unspecified atom stereocenters. The molecular weight excluding hydrogens is 252 g/mol. The van der Waals surface area contributed by atoms with Crippen LogP contribution in [0.1, 0.15) is 5.56 Å². The number of nitriles is 1. The first-order valence-corrected chi connectivity index (χ1v) is 6.11. The second kappa shape index (κ2) is 5.13. The first kappa shape index (κ1) is 11.8. The lowest BCUT2D eigenvalue weighted by Gasteiger charge is -2.05. The summed E-state index contributed by atoms with van der Waals surface area (Å²) in [4.78, 5) is 2.00. The molecule has 0 atom stereocenters. The van der Waals surface area contributed by atoms with Crippen molar-refractivity contribution in [1.29, 1.82) is 5.26 Å². The number of anilines is 1. The molecule has 0 aliphatic carbocycles. The van der Waals surface area contributed by atoms with Gasteiger partial charge in [0.1, 0.15) is 0 Å². The topological polar surface area (TPSA) is 49.8 Å². The van der Waals surface area contributed by atoms with E-state index in [2.05, 4.69) is 6.07 Å². The van der Waals surface area contributed by atoms with Crippen molar-refractivity contribution in [2.24, 2.45) is 0 Å². The average Bonchev–Trinajstić information content (AvgIpc) is 2.34. The SMILES string of the molecule is N#Cc1ccc(Sc2ccc(Cl)cc2)c(N)c1. The molecule has 0 aliphatic heterocycles. The number of nitrogen functional groups attached to an aromatic ring is 1. The van der Waals surface area contributed by atoms with Gasteiger partial charge in [0.25, 0.3) is 0 Å². The van der Waals surface area contributed by atoms with Crippen LogP contribution in [0.2, 0.25) is 5.02 Å². The summed E-state index contributed by atoms with van der Waals surface area (Å²) in [5.74, 6) is 0. The maximum absolute atomic E-state index is 8.75. The Morgan fingerprint density at radius 2 is 1.82 bits per heavy atom. The minimum atomic E-state index is 0.572. The zero-order chi connectivity index (χ0) is 12.3. The first-order valence-electron chi connectivity index (χ1n) is 4.92. The molecule has 0 saturated heterocycles. The van der Waals surface area contributed by atoms with E-state index in [9.17, 15) is 0 Å². The standard InChI is InChI=1S/C13H9ClN2S/c14-10-2-4-11(5-3-10)17-13-6-1-9(8-15)7-12(13)16/h1-7H,16H2. The van der Waals surface area contributed by atoms with Gasteiger partial charge in [-0.1, -0.05) is 23.4 Å². The zero-order valence-electron chi connectivity index (χ0n) is 8.85. The Labute approximate surface area is 109 Å². The molecule has 84 valence electrons. The lowest BCUT2D eigenvalue weighted by atomic mass is 10.2. The smallest absolute Gasteiger partial charge is 0.0992 e. The van der Waals surface area contributed by atoms with E-state index < -0.39 is 0 Å². The summed E-state index contributed by atoms with van der Waals surface area (Å²) in [5, 5.41) is 9.46. The van der Waals surface area contributed by atoms with E-state index in [4.69, 9.17) is 22.6 Å². The summed E-state index contributed by atoms with van der Waals surface area (Å²) in [5.41, 5.74) is 7.06. The molecular formula is C13H9ClN2S. The minimum absolute atomic E-state index is 0.572. The van der Waals surface area contributed by atoms with Gasteiger partial charge in [-0.05, 0) is 42.5 Å². The van der Waals surface area contributed by atoms with Crippen molar-refractivity contribution in [3.63, 3.8) is 0 Å².